The van der Waals surface area contributed by atoms with Crippen LogP contribution < -0.4 is 0 Å². The first kappa shape index (κ1) is 21.9. The maximum atomic E-state index is 13.1. The van der Waals surface area contributed by atoms with E-state index in [4.69, 9.17) is 4.74 Å². The fourth-order valence-corrected chi connectivity index (χ4v) is 5.34. The lowest BCUT2D eigenvalue weighted by Gasteiger charge is -2.40. The topological polar surface area (TPSA) is 118 Å². The number of ether oxygens (including phenoxy) is 1. The molecule has 1 aromatic rings. The smallest absolute Gasteiger partial charge is 0.338 e. The molecule has 0 aliphatic heterocycles. The zero-order valence-electron chi connectivity index (χ0n) is 17.3. The molecule has 3 atom stereocenters. The summed E-state index contributed by atoms with van der Waals surface area (Å²) in [7, 11) is -4.90. The van der Waals surface area contributed by atoms with E-state index in [1.165, 1.54) is 6.92 Å². The van der Waals surface area contributed by atoms with E-state index in [0.29, 0.717) is 18.4 Å². The highest BCUT2D eigenvalue weighted by atomic mass is 32.3. The number of Topliss-reactive ketones (excluding diaryl/α,β-unsaturated/α-hetero) is 1. The van der Waals surface area contributed by atoms with Gasteiger partial charge in [-0.25, -0.2) is 4.79 Å². The van der Waals surface area contributed by atoms with Gasteiger partial charge in [0.15, 0.2) is 5.78 Å². The zero-order valence-corrected chi connectivity index (χ0v) is 18.1. The highest BCUT2D eigenvalue weighted by Crippen LogP contribution is 2.65. The van der Waals surface area contributed by atoms with E-state index in [-0.39, 0.29) is 11.1 Å². The molecule has 4 rings (SSSR count). The number of hydrogen-bond donors (Lipinski definition) is 2. The van der Waals surface area contributed by atoms with Gasteiger partial charge in [0.1, 0.15) is 11.7 Å². The van der Waals surface area contributed by atoms with Crippen molar-refractivity contribution in [3.8, 4) is 0 Å². The molecule has 166 valence electrons. The normalized spacial score (nSPS) is 31.5. The van der Waals surface area contributed by atoms with Crippen molar-refractivity contribution in [1.82, 2.24) is 0 Å². The lowest BCUT2D eigenvalue weighted by atomic mass is 9.67. The van der Waals surface area contributed by atoms with E-state index >= 15 is 0 Å². The van der Waals surface area contributed by atoms with Gasteiger partial charge in [-0.05, 0) is 57.9 Å². The van der Waals surface area contributed by atoms with Crippen LogP contribution in [0.25, 0.3) is 0 Å². The minimum Gasteiger partial charge on any atom is -0.453 e. The van der Waals surface area contributed by atoms with Gasteiger partial charge in [0.05, 0.1) is 22.5 Å². The standard InChI is InChI=1S/C22H23FO7S/c1-12-16-15(17(25)21(3,27)22(12)8-9-22)10-20(2,11-24)18(16)30-19(26)13-4-6-14(7-5-13)31(23,28)29/h4-7,10,18,24,27H,8-9,11H2,1-3H3/t18-,20+,21+/m1/s1. The lowest BCUT2D eigenvalue weighted by Crippen LogP contribution is -2.50. The first-order valence-corrected chi connectivity index (χ1v) is 11.2. The predicted molar refractivity (Wildman–Crippen MR) is 107 cm³/mol. The number of rotatable bonds is 4. The Balaban J connectivity index is 1.73. The third kappa shape index (κ3) is 3.01. The summed E-state index contributed by atoms with van der Waals surface area (Å²) >= 11 is 0. The van der Waals surface area contributed by atoms with Gasteiger partial charge in [0.2, 0.25) is 0 Å². The van der Waals surface area contributed by atoms with E-state index in [9.17, 15) is 32.1 Å². The fraction of sp³-hybridized carbons (Fsp3) is 0.455. The SMILES string of the molecule is CC1=C2C(=C[C@@](C)(CO)[C@@H]2OC(=O)c2ccc(S(=O)(=O)F)cc2)C(=O)[C@](C)(O)C12CC2. The van der Waals surface area contributed by atoms with Gasteiger partial charge in [0.25, 0.3) is 0 Å². The summed E-state index contributed by atoms with van der Waals surface area (Å²) in [6.07, 6.45) is 1.84. The third-order valence-electron chi connectivity index (χ3n) is 7.05. The van der Waals surface area contributed by atoms with Crippen LogP contribution in [0.2, 0.25) is 0 Å². The van der Waals surface area contributed by atoms with E-state index in [1.54, 1.807) is 13.0 Å². The van der Waals surface area contributed by atoms with E-state index in [2.05, 4.69) is 0 Å². The second-order valence-electron chi connectivity index (χ2n) is 8.99. The fourth-order valence-electron chi connectivity index (χ4n) is 4.88. The summed E-state index contributed by atoms with van der Waals surface area (Å²) in [5.74, 6) is -1.27. The first-order valence-electron chi connectivity index (χ1n) is 9.87. The Labute approximate surface area is 179 Å². The number of carbonyl (C=O) groups excluding carboxylic acids is 2. The van der Waals surface area contributed by atoms with Crippen molar-refractivity contribution in [3.05, 3.63) is 52.6 Å². The van der Waals surface area contributed by atoms with Crippen molar-refractivity contribution in [1.29, 1.82) is 0 Å². The van der Waals surface area contributed by atoms with Crippen LogP contribution in [0, 0.1) is 10.8 Å². The Bertz CT molecular complexity index is 1160. The number of fused-ring (bicyclic) bond motifs is 1. The van der Waals surface area contributed by atoms with Crippen LogP contribution in [0.3, 0.4) is 0 Å². The van der Waals surface area contributed by atoms with Crippen LogP contribution in [0.15, 0.2) is 52.0 Å². The minimum absolute atomic E-state index is 0.00494. The van der Waals surface area contributed by atoms with Gasteiger partial charge in [-0.2, -0.15) is 8.42 Å². The van der Waals surface area contributed by atoms with Crippen molar-refractivity contribution >= 4 is 22.0 Å². The maximum Gasteiger partial charge on any atom is 0.338 e. The summed E-state index contributed by atoms with van der Waals surface area (Å²) in [5.41, 5.74) is -1.87. The molecule has 0 amide bonds. The van der Waals surface area contributed by atoms with Crippen LogP contribution in [0.5, 0.6) is 0 Å². The molecule has 9 heteroatoms. The molecule has 31 heavy (non-hydrogen) atoms. The summed E-state index contributed by atoms with van der Waals surface area (Å²) in [4.78, 5) is 25.3. The van der Waals surface area contributed by atoms with Crippen LogP contribution in [-0.4, -0.2) is 48.7 Å². The largest absolute Gasteiger partial charge is 0.453 e. The van der Waals surface area contributed by atoms with Crippen molar-refractivity contribution < 1.29 is 36.8 Å². The van der Waals surface area contributed by atoms with Gasteiger partial charge in [-0.1, -0.05) is 11.6 Å². The van der Waals surface area contributed by atoms with Crippen molar-refractivity contribution in [2.24, 2.45) is 10.8 Å². The lowest BCUT2D eigenvalue weighted by molar-refractivity contribution is -0.138. The van der Waals surface area contributed by atoms with Gasteiger partial charge in [0, 0.05) is 16.6 Å². The first-order chi connectivity index (χ1) is 14.3. The second-order valence-corrected chi connectivity index (χ2v) is 10.3. The van der Waals surface area contributed by atoms with E-state index in [0.717, 1.165) is 29.8 Å². The third-order valence-corrected chi connectivity index (χ3v) is 7.89. The van der Waals surface area contributed by atoms with Crippen molar-refractivity contribution in [2.75, 3.05) is 6.61 Å². The molecule has 1 saturated carbocycles. The Morgan fingerprint density at radius 2 is 1.81 bits per heavy atom. The maximum absolute atomic E-state index is 13.1. The Morgan fingerprint density at radius 1 is 1.23 bits per heavy atom. The molecule has 0 saturated heterocycles. The number of hydrogen-bond acceptors (Lipinski definition) is 7. The quantitative estimate of drug-likeness (QED) is 0.534. The van der Waals surface area contributed by atoms with Gasteiger partial charge in [-0.15, -0.1) is 3.89 Å². The van der Waals surface area contributed by atoms with Crippen LogP contribution in [0.4, 0.5) is 3.89 Å². The van der Waals surface area contributed by atoms with Gasteiger partial charge in [-0.3, -0.25) is 4.79 Å². The molecule has 1 spiro atoms. The second kappa shape index (κ2) is 6.57. The number of benzene rings is 1. The zero-order chi connectivity index (χ0) is 23.0. The summed E-state index contributed by atoms with van der Waals surface area (Å²) in [5, 5.41) is 21.0. The van der Waals surface area contributed by atoms with Gasteiger partial charge < -0.3 is 14.9 Å². The van der Waals surface area contributed by atoms with Gasteiger partial charge >= 0.3 is 16.2 Å². The monoisotopic (exact) mass is 450 g/mol. The molecule has 1 aromatic carbocycles. The molecule has 0 radical (unpaired) electrons. The molecule has 0 heterocycles. The Kier molecular flexibility index (Phi) is 4.63. The molecule has 1 fully saturated rings. The Hall–Kier alpha value is -2.36. The molecule has 7 nitrogen and oxygen atoms in total. The highest BCUT2D eigenvalue weighted by Gasteiger charge is 2.67. The predicted octanol–water partition coefficient (Wildman–Crippen LogP) is 2.24. The molecule has 0 aromatic heterocycles. The van der Waals surface area contributed by atoms with Crippen LogP contribution >= 0.6 is 0 Å². The molecular weight excluding hydrogens is 427 g/mol. The highest BCUT2D eigenvalue weighted by molar-refractivity contribution is 7.86. The number of esters is 1. The molecule has 3 aliphatic carbocycles. The average molecular weight is 450 g/mol. The van der Waals surface area contributed by atoms with Crippen molar-refractivity contribution in [2.45, 2.75) is 50.2 Å². The number of ketones is 1. The molecular formula is C22H23FO7S. The van der Waals surface area contributed by atoms with Crippen molar-refractivity contribution in [3.63, 3.8) is 0 Å². The molecule has 3 aliphatic rings. The number of carbonyl (C=O) groups is 2. The Morgan fingerprint density at radius 3 is 2.29 bits per heavy atom. The number of aliphatic hydroxyl groups is 2. The van der Waals surface area contributed by atoms with Crippen LogP contribution in [0.1, 0.15) is 44.0 Å². The summed E-state index contributed by atoms with van der Waals surface area (Å²) in [6.45, 7) is 4.55. The average Bonchev–Trinajstić information content (AvgIpc) is 3.47. The summed E-state index contributed by atoms with van der Waals surface area (Å²) in [6, 6.07) is 4.19. The van der Waals surface area contributed by atoms with Crippen LogP contribution in [-0.2, 0) is 19.8 Å². The van der Waals surface area contributed by atoms with E-state index < -0.39 is 56.0 Å². The minimum atomic E-state index is -4.90. The number of halogens is 1. The van der Waals surface area contributed by atoms with E-state index in [1.807, 2.05) is 6.92 Å². The number of aliphatic hydroxyl groups excluding tert-OH is 1. The summed E-state index contributed by atoms with van der Waals surface area (Å²) < 4.78 is 40.8. The molecule has 0 bridgehead atoms. The molecule has 0 unspecified atom stereocenters. The molecule has 2 N–H and O–H groups in total.